The highest BCUT2D eigenvalue weighted by atomic mass is 16.5. The van der Waals surface area contributed by atoms with E-state index in [4.69, 9.17) is 4.74 Å². The predicted molar refractivity (Wildman–Crippen MR) is 77.1 cm³/mol. The largest absolute Gasteiger partial charge is 0.380 e. The molecule has 0 aromatic carbocycles. The Labute approximate surface area is 116 Å². The van der Waals surface area contributed by atoms with Gasteiger partial charge in [-0.05, 0) is 38.2 Å². The average molecular weight is 265 g/mol. The maximum absolute atomic E-state index is 5.50. The van der Waals surface area contributed by atoms with Crippen molar-refractivity contribution >= 4 is 0 Å². The van der Waals surface area contributed by atoms with Gasteiger partial charge in [-0.15, -0.1) is 0 Å². The molecular formula is C15H27N3O. The van der Waals surface area contributed by atoms with Gasteiger partial charge in [-0.2, -0.15) is 5.10 Å². The fraction of sp³-hybridized carbons (Fsp3) is 0.800. The van der Waals surface area contributed by atoms with Crippen LogP contribution in [0.2, 0.25) is 0 Å². The van der Waals surface area contributed by atoms with Crippen molar-refractivity contribution in [2.75, 3.05) is 7.11 Å². The lowest BCUT2D eigenvalue weighted by atomic mass is 10.2. The predicted octanol–water partition coefficient (Wildman–Crippen LogP) is 2.90. The molecule has 1 N–H and O–H groups in total. The summed E-state index contributed by atoms with van der Waals surface area (Å²) in [6.45, 7) is 5.28. The van der Waals surface area contributed by atoms with Crippen LogP contribution in [0.1, 0.15) is 57.7 Å². The molecule has 0 spiro atoms. The van der Waals surface area contributed by atoms with Crippen LogP contribution < -0.4 is 5.32 Å². The van der Waals surface area contributed by atoms with Crippen molar-refractivity contribution in [1.29, 1.82) is 0 Å². The van der Waals surface area contributed by atoms with Crippen molar-refractivity contribution in [3.05, 3.63) is 18.0 Å². The number of methoxy groups -OCH3 is 1. The summed E-state index contributed by atoms with van der Waals surface area (Å²) in [4.78, 5) is 0. The van der Waals surface area contributed by atoms with E-state index < -0.39 is 0 Å². The van der Waals surface area contributed by atoms with Gasteiger partial charge in [0.25, 0.3) is 0 Å². The zero-order valence-electron chi connectivity index (χ0n) is 12.4. The van der Waals surface area contributed by atoms with Crippen LogP contribution >= 0.6 is 0 Å². The van der Waals surface area contributed by atoms with E-state index in [0.717, 1.165) is 25.1 Å². The molecule has 4 heteroatoms. The average Bonchev–Trinajstić information content (AvgIpc) is 3.06. The van der Waals surface area contributed by atoms with Crippen LogP contribution in [0, 0.1) is 0 Å². The first-order valence-corrected chi connectivity index (χ1v) is 7.58. The van der Waals surface area contributed by atoms with Crippen molar-refractivity contribution < 1.29 is 4.74 Å². The molecule has 0 amide bonds. The first-order chi connectivity index (χ1) is 9.28. The Kier molecular flexibility index (Phi) is 5.40. The van der Waals surface area contributed by atoms with Crippen molar-refractivity contribution in [2.45, 2.75) is 70.7 Å². The quantitative estimate of drug-likeness (QED) is 0.824. The highest BCUT2D eigenvalue weighted by Gasteiger charge is 2.26. The van der Waals surface area contributed by atoms with Gasteiger partial charge in [0.1, 0.15) is 0 Å². The van der Waals surface area contributed by atoms with E-state index in [2.05, 4.69) is 41.2 Å². The molecule has 1 aromatic heterocycles. The lowest BCUT2D eigenvalue weighted by Gasteiger charge is -2.19. The number of aromatic nitrogens is 2. The SMILES string of the molecule is CCC(CC)n1ccc(CNC2CCCC2OC)n1. The Morgan fingerprint density at radius 2 is 2.21 bits per heavy atom. The molecule has 0 saturated heterocycles. The van der Waals surface area contributed by atoms with Gasteiger partial charge in [0.15, 0.2) is 0 Å². The summed E-state index contributed by atoms with van der Waals surface area (Å²) in [6.07, 6.45) is 8.41. The second-order valence-electron chi connectivity index (χ2n) is 5.45. The fourth-order valence-electron chi connectivity index (χ4n) is 3.02. The fourth-order valence-corrected chi connectivity index (χ4v) is 3.02. The third-order valence-electron chi connectivity index (χ3n) is 4.28. The maximum Gasteiger partial charge on any atom is 0.0762 e. The summed E-state index contributed by atoms with van der Waals surface area (Å²) in [5, 5.41) is 8.26. The molecule has 19 heavy (non-hydrogen) atoms. The molecule has 1 aliphatic carbocycles. The standard InChI is InChI=1S/C15H27N3O/c1-4-13(5-2)18-10-9-12(17-18)11-16-14-7-6-8-15(14)19-3/h9-10,13-16H,4-8,11H2,1-3H3. The number of nitrogens with one attached hydrogen (secondary N) is 1. The van der Waals surface area contributed by atoms with Gasteiger partial charge in [-0.3, -0.25) is 4.68 Å². The number of hydrogen-bond donors (Lipinski definition) is 1. The van der Waals surface area contributed by atoms with Gasteiger partial charge in [0, 0.05) is 25.9 Å². The van der Waals surface area contributed by atoms with Crippen LogP contribution in [0.15, 0.2) is 12.3 Å². The number of nitrogens with zero attached hydrogens (tertiary/aromatic N) is 2. The second kappa shape index (κ2) is 7.06. The van der Waals surface area contributed by atoms with E-state index in [1.807, 2.05) is 7.11 Å². The summed E-state index contributed by atoms with van der Waals surface area (Å²) in [5.41, 5.74) is 1.13. The lowest BCUT2D eigenvalue weighted by molar-refractivity contribution is 0.0846. The third kappa shape index (κ3) is 3.57. The van der Waals surface area contributed by atoms with E-state index in [-0.39, 0.29) is 0 Å². The number of hydrogen-bond acceptors (Lipinski definition) is 3. The van der Waals surface area contributed by atoms with Gasteiger partial charge in [0.2, 0.25) is 0 Å². The van der Waals surface area contributed by atoms with Crippen LogP contribution in [0.4, 0.5) is 0 Å². The molecule has 1 aromatic rings. The topological polar surface area (TPSA) is 39.1 Å². The van der Waals surface area contributed by atoms with Gasteiger partial charge in [-0.1, -0.05) is 13.8 Å². The minimum Gasteiger partial charge on any atom is -0.380 e. The molecule has 4 nitrogen and oxygen atoms in total. The van der Waals surface area contributed by atoms with Gasteiger partial charge >= 0.3 is 0 Å². The zero-order chi connectivity index (χ0) is 13.7. The summed E-state index contributed by atoms with van der Waals surface area (Å²) in [5.74, 6) is 0. The molecule has 2 atom stereocenters. The Bertz CT molecular complexity index is 373. The minimum atomic E-state index is 0.376. The molecular weight excluding hydrogens is 238 g/mol. The lowest BCUT2D eigenvalue weighted by Crippen LogP contribution is -2.36. The summed E-state index contributed by atoms with van der Waals surface area (Å²) < 4.78 is 7.61. The molecule has 1 heterocycles. The zero-order valence-corrected chi connectivity index (χ0v) is 12.4. The van der Waals surface area contributed by atoms with Gasteiger partial charge in [0.05, 0.1) is 17.8 Å². The number of ether oxygens (including phenoxy) is 1. The first-order valence-electron chi connectivity index (χ1n) is 7.58. The molecule has 0 bridgehead atoms. The third-order valence-corrected chi connectivity index (χ3v) is 4.28. The molecule has 1 fully saturated rings. The Morgan fingerprint density at radius 3 is 2.89 bits per heavy atom. The Morgan fingerprint density at radius 1 is 1.42 bits per heavy atom. The van der Waals surface area contributed by atoms with E-state index in [0.29, 0.717) is 18.2 Å². The molecule has 2 rings (SSSR count). The van der Waals surface area contributed by atoms with Gasteiger partial charge < -0.3 is 10.1 Å². The monoisotopic (exact) mass is 265 g/mol. The normalized spacial score (nSPS) is 23.4. The van der Waals surface area contributed by atoms with E-state index >= 15 is 0 Å². The maximum atomic E-state index is 5.50. The first kappa shape index (κ1) is 14.5. The highest BCUT2D eigenvalue weighted by Crippen LogP contribution is 2.22. The van der Waals surface area contributed by atoms with Crippen molar-refractivity contribution in [3.8, 4) is 0 Å². The van der Waals surface area contributed by atoms with Crippen LogP contribution in [-0.2, 0) is 11.3 Å². The van der Waals surface area contributed by atoms with Crippen molar-refractivity contribution in [3.63, 3.8) is 0 Å². The minimum absolute atomic E-state index is 0.376. The number of rotatable bonds is 7. The summed E-state index contributed by atoms with van der Waals surface area (Å²) >= 11 is 0. The van der Waals surface area contributed by atoms with E-state index in [1.165, 1.54) is 19.3 Å². The van der Waals surface area contributed by atoms with E-state index in [1.54, 1.807) is 0 Å². The molecule has 108 valence electrons. The Balaban J connectivity index is 1.86. The van der Waals surface area contributed by atoms with Crippen LogP contribution in [0.3, 0.4) is 0 Å². The van der Waals surface area contributed by atoms with Crippen LogP contribution in [0.5, 0.6) is 0 Å². The second-order valence-corrected chi connectivity index (χ2v) is 5.45. The highest BCUT2D eigenvalue weighted by molar-refractivity contribution is 5.00. The summed E-state index contributed by atoms with van der Waals surface area (Å²) in [6, 6.07) is 3.15. The van der Waals surface area contributed by atoms with Crippen LogP contribution in [-0.4, -0.2) is 29.0 Å². The molecule has 0 radical (unpaired) electrons. The molecule has 0 aliphatic heterocycles. The summed E-state index contributed by atoms with van der Waals surface area (Å²) in [7, 11) is 1.81. The molecule has 1 aliphatic rings. The van der Waals surface area contributed by atoms with Crippen molar-refractivity contribution in [2.24, 2.45) is 0 Å². The molecule has 2 unspecified atom stereocenters. The van der Waals surface area contributed by atoms with Gasteiger partial charge in [-0.25, -0.2) is 0 Å². The molecule has 1 saturated carbocycles. The van der Waals surface area contributed by atoms with Crippen LogP contribution in [0.25, 0.3) is 0 Å². The Hall–Kier alpha value is -0.870. The van der Waals surface area contributed by atoms with E-state index in [9.17, 15) is 0 Å². The smallest absolute Gasteiger partial charge is 0.0762 e. The van der Waals surface area contributed by atoms with Crippen molar-refractivity contribution in [1.82, 2.24) is 15.1 Å².